The third kappa shape index (κ3) is 18.7. The molecule has 0 saturated heterocycles. The van der Waals surface area contributed by atoms with Crippen molar-refractivity contribution >= 4 is 17.4 Å². The molecule has 35 valence electrons. The molecule has 0 aromatic carbocycles. The SMILES string of the molecule is [AlH3].[Au].[Pt].[Ti].[Ti]. The van der Waals surface area contributed by atoms with Crippen LogP contribution >= 0.6 is 0 Å². The fourth-order valence-electron chi connectivity index (χ4n) is 0. The molecule has 0 saturated carbocycles. The fourth-order valence-corrected chi connectivity index (χ4v) is 0. The molecule has 0 nitrogen and oxygen atoms in total. The third-order valence-corrected chi connectivity index (χ3v) is 0. The summed E-state index contributed by atoms with van der Waals surface area (Å²) in [4.78, 5) is 0. The van der Waals surface area contributed by atoms with E-state index in [2.05, 4.69) is 0 Å². The average molecular weight is 518 g/mol. The molecular weight excluding hydrogens is 515 g/mol. The monoisotopic (exact) mass is 518 g/mol. The minimum atomic E-state index is 0. The first-order chi connectivity index (χ1) is 0. The second-order valence-corrected chi connectivity index (χ2v) is 0. The zero-order chi connectivity index (χ0) is 0. The summed E-state index contributed by atoms with van der Waals surface area (Å²) < 4.78 is 0. The second-order valence-electron chi connectivity index (χ2n) is 0. The van der Waals surface area contributed by atoms with Gasteiger partial charge in [-0.25, -0.2) is 0 Å². The zero-order valence-corrected chi connectivity index (χ0v) is 9.18. The van der Waals surface area contributed by atoms with Gasteiger partial charge in [0, 0.05) is 86.9 Å². The van der Waals surface area contributed by atoms with Crippen molar-refractivity contribution in [2.24, 2.45) is 0 Å². The van der Waals surface area contributed by atoms with Crippen molar-refractivity contribution in [1.82, 2.24) is 0 Å². The summed E-state index contributed by atoms with van der Waals surface area (Å²) in [6, 6.07) is 0. The number of rotatable bonds is 0. The van der Waals surface area contributed by atoms with Crippen molar-refractivity contribution in [3.63, 3.8) is 0 Å². The van der Waals surface area contributed by atoms with Crippen LogP contribution in [0.5, 0.6) is 0 Å². The molecule has 5 heavy (non-hydrogen) atoms. The van der Waals surface area contributed by atoms with Crippen LogP contribution in [0.15, 0.2) is 0 Å². The molecule has 0 aliphatic rings. The van der Waals surface area contributed by atoms with E-state index in [1.807, 2.05) is 0 Å². The van der Waals surface area contributed by atoms with Gasteiger partial charge in [0.15, 0.2) is 17.4 Å². The van der Waals surface area contributed by atoms with E-state index < -0.39 is 0 Å². The van der Waals surface area contributed by atoms with Crippen molar-refractivity contribution in [2.75, 3.05) is 0 Å². The molecule has 0 rings (SSSR count). The van der Waals surface area contributed by atoms with Crippen molar-refractivity contribution in [3.05, 3.63) is 0 Å². The summed E-state index contributed by atoms with van der Waals surface area (Å²) in [5.41, 5.74) is 0. The number of hydrogen-bond donors (Lipinski definition) is 0. The van der Waals surface area contributed by atoms with Gasteiger partial charge in [0.1, 0.15) is 0 Å². The maximum atomic E-state index is 0. The van der Waals surface area contributed by atoms with Gasteiger partial charge in [-0.15, -0.1) is 0 Å². The largest absolute Gasteiger partial charge is 0.187 e. The second kappa shape index (κ2) is 26.3. The molecule has 0 aromatic rings. The summed E-state index contributed by atoms with van der Waals surface area (Å²) in [6.07, 6.45) is 0. The van der Waals surface area contributed by atoms with E-state index in [4.69, 9.17) is 0 Å². The summed E-state index contributed by atoms with van der Waals surface area (Å²) in [6.45, 7) is 0. The Bertz CT molecular complexity index is 9.61. The summed E-state index contributed by atoms with van der Waals surface area (Å²) in [7, 11) is 0. The molecule has 0 spiro atoms. The Labute approximate surface area is 102 Å². The molecule has 0 amide bonds. The summed E-state index contributed by atoms with van der Waals surface area (Å²) in [5.74, 6) is 0. The minimum Gasteiger partial charge on any atom is 0 e. The van der Waals surface area contributed by atoms with Crippen LogP contribution in [0.3, 0.4) is 0 Å². The van der Waals surface area contributed by atoms with E-state index in [-0.39, 0.29) is 104 Å². The first-order valence-corrected chi connectivity index (χ1v) is 0. The molecule has 0 N–H and O–H groups in total. The molecule has 0 fully saturated rings. The Morgan fingerprint density at radius 2 is 0.800 bits per heavy atom. The Morgan fingerprint density at radius 3 is 0.800 bits per heavy atom. The van der Waals surface area contributed by atoms with Gasteiger partial charge in [0.2, 0.25) is 0 Å². The topological polar surface area (TPSA) is 0 Å². The van der Waals surface area contributed by atoms with Crippen LogP contribution in [0.4, 0.5) is 0 Å². The van der Waals surface area contributed by atoms with Crippen LogP contribution in [0.2, 0.25) is 0 Å². The van der Waals surface area contributed by atoms with Crippen LogP contribution in [0.1, 0.15) is 0 Å². The fraction of sp³-hybridized carbons (Fsp3) is 0. The van der Waals surface area contributed by atoms with Crippen molar-refractivity contribution < 1.29 is 86.9 Å². The molecule has 0 aromatic heterocycles. The predicted octanol–water partition coefficient (Wildman–Crippen LogP) is -1.19. The Morgan fingerprint density at radius 1 is 0.800 bits per heavy atom. The van der Waals surface area contributed by atoms with Crippen LogP contribution in [-0.4, -0.2) is 17.4 Å². The minimum absolute atomic E-state index is 0. The van der Waals surface area contributed by atoms with Crippen molar-refractivity contribution in [3.8, 4) is 0 Å². The van der Waals surface area contributed by atoms with E-state index in [0.29, 0.717) is 0 Å². The van der Waals surface area contributed by atoms with Gasteiger partial charge >= 0.3 is 0 Å². The normalized spacial score (nSPS) is 0. The molecule has 0 bridgehead atoms. The molecule has 5 heteroatoms. The van der Waals surface area contributed by atoms with Crippen molar-refractivity contribution in [1.29, 1.82) is 0 Å². The molecule has 0 heterocycles. The molecule has 0 unspecified atom stereocenters. The van der Waals surface area contributed by atoms with E-state index in [9.17, 15) is 0 Å². The van der Waals surface area contributed by atoms with Gasteiger partial charge in [0.05, 0.1) is 0 Å². The molecule has 0 atom stereocenters. The maximum absolute atomic E-state index is 0. The Kier molecular flexibility index (Phi) is 209. The quantitative estimate of drug-likeness (QED) is 0.355. The van der Waals surface area contributed by atoms with Gasteiger partial charge in [-0.1, -0.05) is 0 Å². The smallest absolute Gasteiger partial charge is 0 e. The van der Waals surface area contributed by atoms with Gasteiger partial charge in [-0.2, -0.15) is 0 Å². The molecular formula is H3AlAuPtTi2. The van der Waals surface area contributed by atoms with Crippen molar-refractivity contribution in [2.45, 2.75) is 0 Å². The van der Waals surface area contributed by atoms with E-state index in [1.54, 1.807) is 0 Å². The Hall–Kier alpha value is 3.39. The first-order valence-electron chi connectivity index (χ1n) is 0. The van der Waals surface area contributed by atoms with E-state index in [0.717, 1.165) is 0 Å². The van der Waals surface area contributed by atoms with Crippen LogP contribution < -0.4 is 0 Å². The average Bonchev–Trinajstić information content (AvgIpc) is 0. The first kappa shape index (κ1) is 39.9. The predicted molar refractivity (Wildman–Crippen MR) is 9.94 cm³/mol. The number of hydrogen-bond acceptors (Lipinski definition) is 0. The van der Waals surface area contributed by atoms with E-state index in [1.165, 1.54) is 0 Å². The maximum Gasteiger partial charge on any atom is 0.187 e. The summed E-state index contributed by atoms with van der Waals surface area (Å²) in [5, 5.41) is 0. The van der Waals surface area contributed by atoms with Crippen LogP contribution in [0.25, 0.3) is 0 Å². The van der Waals surface area contributed by atoms with Crippen LogP contribution in [-0.2, 0) is 86.9 Å². The summed E-state index contributed by atoms with van der Waals surface area (Å²) >= 11 is 0. The van der Waals surface area contributed by atoms with Crippen LogP contribution in [0, 0.1) is 0 Å². The van der Waals surface area contributed by atoms with Gasteiger partial charge in [-0.05, 0) is 0 Å². The molecule has 1 radical (unpaired) electrons. The Balaban J connectivity index is 0. The third-order valence-electron chi connectivity index (χ3n) is 0. The zero-order valence-electron chi connectivity index (χ0n) is 1.62. The van der Waals surface area contributed by atoms with E-state index >= 15 is 0 Å². The molecule has 0 aliphatic heterocycles. The van der Waals surface area contributed by atoms with Gasteiger partial charge in [-0.3, -0.25) is 0 Å². The molecule has 0 aliphatic carbocycles. The van der Waals surface area contributed by atoms with Gasteiger partial charge < -0.3 is 0 Å². The van der Waals surface area contributed by atoms with Gasteiger partial charge in [0.25, 0.3) is 0 Å². The standard InChI is InChI=1S/Al.Au.Pt.2Ti.3H.